The summed E-state index contributed by atoms with van der Waals surface area (Å²) in [6.07, 6.45) is 5.36. The van der Waals surface area contributed by atoms with Gasteiger partial charge in [0.25, 0.3) is 11.5 Å². The maximum Gasteiger partial charge on any atom is 0.263 e. The van der Waals surface area contributed by atoms with Crippen molar-refractivity contribution in [3.63, 3.8) is 0 Å². The van der Waals surface area contributed by atoms with Crippen LogP contribution in [0.25, 0.3) is 22.2 Å². The maximum absolute atomic E-state index is 13.2. The van der Waals surface area contributed by atoms with E-state index in [1.807, 2.05) is 0 Å². The van der Waals surface area contributed by atoms with Gasteiger partial charge >= 0.3 is 0 Å². The van der Waals surface area contributed by atoms with Crippen LogP contribution in [0.15, 0.2) is 41.7 Å². The summed E-state index contributed by atoms with van der Waals surface area (Å²) in [6, 6.07) is 4.46. The van der Waals surface area contributed by atoms with Crippen molar-refractivity contribution in [3.05, 3.63) is 62.9 Å². The number of morpholine rings is 1. The summed E-state index contributed by atoms with van der Waals surface area (Å²) in [4.78, 5) is 49.2. The Morgan fingerprint density at radius 1 is 1.22 bits per heavy atom. The average molecular weight is 600 g/mol. The highest BCUT2D eigenvalue weighted by Crippen LogP contribution is 2.36. The van der Waals surface area contributed by atoms with E-state index in [4.69, 9.17) is 33.7 Å². The molecule has 4 heterocycles. The third kappa shape index (κ3) is 5.58. The lowest BCUT2D eigenvalue weighted by Gasteiger charge is -2.33. The number of anilines is 2. The molecule has 14 heteroatoms. The number of nitrogens with two attached hydrogens (primary N) is 1. The van der Waals surface area contributed by atoms with Gasteiger partial charge < -0.3 is 34.9 Å². The largest absolute Gasteiger partial charge is 0.506 e. The van der Waals surface area contributed by atoms with Gasteiger partial charge in [-0.05, 0) is 24.1 Å². The number of carbonyl (C=O) groups is 2. The van der Waals surface area contributed by atoms with Crippen molar-refractivity contribution in [2.45, 2.75) is 26.0 Å². The van der Waals surface area contributed by atoms with E-state index in [9.17, 15) is 19.5 Å². The molecular formula is C27H27Cl2N7O5. The zero-order valence-electron chi connectivity index (χ0n) is 22.2. The Hall–Kier alpha value is -4.13. The van der Waals surface area contributed by atoms with Gasteiger partial charge in [-0.1, -0.05) is 30.1 Å². The number of primary amides is 1. The van der Waals surface area contributed by atoms with Crippen molar-refractivity contribution in [2.24, 2.45) is 12.8 Å². The fourth-order valence-electron chi connectivity index (χ4n) is 4.76. The average Bonchev–Trinajstić information content (AvgIpc) is 3.31. The molecule has 4 N–H and O–H groups in total. The Balaban J connectivity index is 1.48. The van der Waals surface area contributed by atoms with Gasteiger partial charge in [-0.2, -0.15) is 0 Å². The number of nitrogens with zero attached hydrogens (tertiary/aromatic N) is 5. The lowest BCUT2D eigenvalue weighted by molar-refractivity contribution is -0.116. The van der Waals surface area contributed by atoms with Gasteiger partial charge in [0.1, 0.15) is 23.8 Å². The molecule has 2 amide bonds. The number of nitrogens with one attached hydrogen (secondary N) is 1. The van der Waals surface area contributed by atoms with Crippen molar-refractivity contribution in [3.8, 4) is 16.9 Å². The van der Waals surface area contributed by atoms with E-state index in [0.717, 1.165) is 6.42 Å². The second-order valence-corrected chi connectivity index (χ2v) is 10.5. The molecule has 1 fully saturated rings. The number of hydrogen-bond acceptors (Lipinski definition) is 8. The standard InChI is InChI=1S/C27H27Cl2N7O5/c1-3-15-10-35(4-5-41-15)21-8-20(19(29)9-31-21)33-22(37)12-36-11-17(23-26(36)32-13-34(2)27(23)40)14-6-16(25(30)39)24(38)18(28)7-14/h6-9,11,13,15,38H,3-5,10,12H2,1-2H3,(H2,30,39)(H,31,33,37)/t15-/m0/s1. The number of pyridine rings is 1. The fourth-order valence-corrected chi connectivity index (χ4v) is 5.13. The summed E-state index contributed by atoms with van der Waals surface area (Å²) in [6.45, 7) is 3.76. The van der Waals surface area contributed by atoms with Crippen LogP contribution in [0.2, 0.25) is 10.0 Å². The second-order valence-electron chi connectivity index (χ2n) is 9.67. The number of aromatic nitrogens is 4. The zero-order chi connectivity index (χ0) is 29.4. The van der Waals surface area contributed by atoms with Gasteiger partial charge in [0.2, 0.25) is 5.91 Å². The number of halogens is 2. The molecule has 0 bridgehead atoms. The lowest BCUT2D eigenvalue weighted by Crippen LogP contribution is -2.42. The molecule has 41 heavy (non-hydrogen) atoms. The molecule has 0 unspecified atom stereocenters. The van der Waals surface area contributed by atoms with Crippen LogP contribution in [0.5, 0.6) is 5.75 Å². The summed E-state index contributed by atoms with van der Waals surface area (Å²) in [5.41, 5.74) is 6.14. The summed E-state index contributed by atoms with van der Waals surface area (Å²) in [5, 5.41) is 13.3. The minimum atomic E-state index is -0.892. The van der Waals surface area contributed by atoms with E-state index < -0.39 is 17.6 Å². The molecule has 1 saturated heterocycles. The smallest absolute Gasteiger partial charge is 0.263 e. The SMILES string of the molecule is CC[C@H]1CN(c2cc(NC(=O)Cn3cc(-c4cc(Cl)c(O)c(C(N)=O)c4)c4c(=O)n(C)cnc43)c(Cl)cn2)CCO1. The first-order chi connectivity index (χ1) is 19.6. The number of hydrogen-bond donors (Lipinski definition) is 3. The van der Waals surface area contributed by atoms with Crippen LogP contribution >= 0.6 is 23.2 Å². The third-order valence-electron chi connectivity index (χ3n) is 6.92. The van der Waals surface area contributed by atoms with Gasteiger partial charge in [0.15, 0.2) is 0 Å². The highest BCUT2D eigenvalue weighted by Gasteiger charge is 2.23. The number of phenols is 1. The summed E-state index contributed by atoms with van der Waals surface area (Å²) in [7, 11) is 1.54. The van der Waals surface area contributed by atoms with Crippen LogP contribution in [0.3, 0.4) is 0 Å². The van der Waals surface area contributed by atoms with Gasteiger partial charge in [0, 0.05) is 38.0 Å². The van der Waals surface area contributed by atoms with Crippen LogP contribution < -0.4 is 21.5 Å². The van der Waals surface area contributed by atoms with E-state index in [0.29, 0.717) is 42.3 Å². The van der Waals surface area contributed by atoms with E-state index in [2.05, 4.69) is 27.1 Å². The number of fused-ring (bicyclic) bond motifs is 1. The van der Waals surface area contributed by atoms with Crippen LogP contribution in [0.1, 0.15) is 23.7 Å². The molecule has 3 aromatic heterocycles. The van der Waals surface area contributed by atoms with Crippen molar-refractivity contribution in [2.75, 3.05) is 29.9 Å². The van der Waals surface area contributed by atoms with Crippen LogP contribution in [-0.2, 0) is 23.1 Å². The van der Waals surface area contributed by atoms with Crippen LogP contribution in [0.4, 0.5) is 11.5 Å². The maximum atomic E-state index is 13.2. The van der Waals surface area contributed by atoms with E-state index in [1.54, 1.807) is 19.3 Å². The Bertz CT molecular complexity index is 1740. The molecule has 5 rings (SSSR count). The molecular weight excluding hydrogens is 573 g/mol. The number of aryl methyl sites for hydroxylation is 1. The van der Waals surface area contributed by atoms with E-state index in [-0.39, 0.29) is 44.9 Å². The van der Waals surface area contributed by atoms with E-state index >= 15 is 0 Å². The molecule has 0 spiro atoms. The monoisotopic (exact) mass is 599 g/mol. The molecule has 1 aliphatic rings. The summed E-state index contributed by atoms with van der Waals surface area (Å²) < 4.78 is 8.54. The lowest BCUT2D eigenvalue weighted by atomic mass is 10.0. The first kappa shape index (κ1) is 28.4. The summed E-state index contributed by atoms with van der Waals surface area (Å²) in [5.74, 6) is -1.12. The van der Waals surface area contributed by atoms with Crippen LogP contribution in [0, 0.1) is 0 Å². The first-order valence-corrected chi connectivity index (χ1v) is 13.5. The minimum absolute atomic E-state index is 0.0956. The highest BCUT2D eigenvalue weighted by atomic mass is 35.5. The molecule has 0 saturated carbocycles. The first-order valence-electron chi connectivity index (χ1n) is 12.8. The summed E-state index contributed by atoms with van der Waals surface area (Å²) >= 11 is 12.5. The topological polar surface area (TPSA) is 158 Å². The number of amides is 2. The molecule has 214 valence electrons. The predicted molar refractivity (Wildman–Crippen MR) is 156 cm³/mol. The molecule has 1 aromatic carbocycles. The Morgan fingerprint density at radius 2 is 2.00 bits per heavy atom. The number of benzene rings is 1. The fraction of sp³-hybridized carbons (Fsp3) is 0.296. The quantitative estimate of drug-likeness (QED) is 0.292. The molecule has 12 nitrogen and oxygen atoms in total. The predicted octanol–water partition coefficient (Wildman–Crippen LogP) is 3.16. The Kier molecular flexibility index (Phi) is 7.89. The Morgan fingerprint density at radius 3 is 2.73 bits per heavy atom. The molecule has 1 aliphatic heterocycles. The normalized spacial score (nSPS) is 15.3. The third-order valence-corrected chi connectivity index (χ3v) is 7.51. The molecule has 1 atom stereocenters. The van der Waals surface area contributed by atoms with Crippen molar-refractivity contribution >= 4 is 57.6 Å². The van der Waals surface area contributed by atoms with Crippen molar-refractivity contribution in [1.29, 1.82) is 0 Å². The highest BCUT2D eigenvalue weighted by molar-refractivity contribution is 6.34. The van der Waals surface area contributed by atoms with Gasteiger partial charge in [-0.3, -0.25) is 14.4 Å². The second kappa shape index (κ2) is 11.4. The number of aromatic hydroxyl groups is 1. The van der Waals surface area contributed by atoms with Crippen LogP contribution in [-0.4, -0.2) is 61.8 Å². The number of carbonyl (C=O) groups excluding carboxylic acids is 2. The minimum Gasteiger partial charge on any atom is -0.506 e. The molecule has 0 radical (unpaired) electrons. The van der Waals surface area contributed by atoms with Gasteiger partial charge in [0.05, 0.1) is 51.9 Å². The molecule has 4 aromatic rings. The Labute approximate surface area is 244 Å². The number of rotatable bonds is 7. The van der Waals surface area contributed by atoms with E-state index in [1.165, 1.54) is 33.8 Å². The van der Waals surface area contributed by atoms with Gasteiger partial charge in [-0.25, -0.2) is 9.97 Å². The van der Waals surface area contributed by atoms with Crippen molar-refractivity contribution < 1.29 is 19.4 Å². The van der Waals surface area contributed by atoms with Gasteiger partial charge in [-0.15, -0.1) is 0 Å². The van der Waals surface area contributed by atoms with Crippen molar-refractivity contribution in [1.82, 2.24) is 19.1 Å². The molecule has 0 aliphatic carbocycles. The zero-order valence-corrected chi connectivity index (χ0v) is 23.7. The number of ether oxygens (including phenoxy) is 1.